The lowest BCUT2D eigenvalue weighted by molar-refractivity contribution is -0.137. The van der Waals surface area contributed by atoms with Crippen LogP contribution in [-0.4, -0.2) is 35.0 Å². The van der Waals surface area contributed by atoms with Gasteiger partial charge in [-0.25, -0.2) is 0 Å². The highest BCUT2D eigenvalue weighted by Crippen LogP contribution is 2.31. The molecule has 0 unspecified atom stereocenters. The Labute approximate surface area is 137 Å². The first-order chi connectivity index (χ1) is 9.97. The van der Waals surface area contributed by atoms with Crippen molar-refractivity contribution in [2.75, 3.05) is 13.1 Å². The summed E-state index contributed by atoms with van der Waals surface area (Å²) in [6.07, 6.45) is 2.85. The molecule has 1 aromatic heterocycles. The predicted octanol–water partition coefficient (Wildman–Crippen LogP) is 3.72. The van der Waals surface area contributed by atoms with Crippen LogP contribution in [0.1, 0.15) is 43.4 Å². The van der Waals surface area contributed by atoms with Crippen LogP contribution >= 0.6 is 27.3 Å². The molecule has 6 heteroatoms. The van der Waals surface area contributed by atoms with E-state index >= 15 is 0 Å². The van der Waals surface area contributed by atoms with Crippen molar-refractivity contribution in [2.24, 2.45) is 5.92 Å². The minimum Gasteiger partial charge on any atom is -0.481 e. The van der Waals surface area contributed by atoms with Gasteiger partial charge in [0.1, 0.15) is 0 Å². The first-order valence-electron chi connectivity index (χ1n) is 7.23. The monoisotopic (exact) mass is 373 g/mol. The van der Waals surface area contributed by atoms with E-state index in [1.807, 2.05) is 24.0 Å². The van der Waals surface area contributed by atoms with E-state index in [0.717, 1.165) is 28.0 Å². The van der Waals surface area contributed by atoms with Crippen molar-refractivity contribution < 1.29 is 14.7 Å². The SMILES string of the molecule is C[C@H](C(=O)N1CCC[C@@H](CCC(=O)O)C1)c1ccc(Br)s1. The van der Waals surface area contributed by atoms with E-state index in [2.05, 4.69) is 15.9 Å². The number of carboxylic acids is 1. The van der Waals surface area contributed by atoms with E-state index in [1.54, 1.807) is 11.3 Å². The molecule has 1 aromatic rings. The fourth-order valence-electron chi connectivity index (χ4n) is 2.79. The maximum atomic E-state index is 12.6. The molecule has 0 aliphatic carbocycles. The van der Waals surface area contributed by atoms with Crippen molar-refractivity contribution in [1.29, 1.82) is 0 Å². The van der Waals surface area contributed by atoms with E-state index in [1.165, 1.54) is 0 Å². The van der Waals surface area contributed by atoms with Crippen LogP contribution in [0.15, 0.2) is 15.9 Å². The molecular formula is C15H20BrNO3S. The molecule has 1 N–H and O–H groups in total. The number of thiophene rings is 1. The number of carbonyl (C=O) groups excluding carboxylic acids is 1. The molecule has 116 valence electrons. The number of halogens is 1. The molecular weight excluding hydrogens is 354 g/mol. The second kappa shape index (κ2) is 7.40. The fourth-order valence-corrected chi connectivity index (χ4v) is 4.25. The number of hydrogen-bond acceptors (Lipinski definition) is 3. The predicted molar refractivity (Wildman–Crippen MR) is 86.6 cm³/mol. The smallest absolute Gasteiger partial charge is 0.303 e. The Morgan fingerprint density at radius 2 is 2.29 bits per heavy atom. The third-order valence-electron chi connectivity index (χ3n) is 3.99. The van der Waals surface area contributed by atoms with Crippen molar-refractivity contribution in [3.8, 4) is 0 Å². The Morgan fingerprint density at radius 1 is 1.52 bits per heavy atom. The molecule has 21 heavy (non-hydrogen) atoms. The molecule has 1 fully saturated rings. The van der Waals surface area contributed by atoms with Crippen LogP contribution in [0.25, 0.3) is 0 Å². The molecule has 0 saturated carbocycles. The van der Waals surface area contributed by atoms with E-state index in [9.17, 15) is 9.59 Å². The third kappa shape index (κ3) is 4.54. The Bertz CT molecular complexity index is 517. The minimum atomic E-state index is -0.754. The van der Waals surface area contributed by atoms with Gasteiger partial charge in [-0.05, 0) is 60.2 Å². The highest BCUT2D eigenvalue weighted by molar-refractivity contribution is 9.11. The van der Waals surface area contributed by atoms with Crippen LogP contribution in [0.3, 0.4) is 0 Å². The summed E-state index contributed by atoms with van der Waals surface area (Å²) < 4.78 is 1.04. The standard InChI is InChI=1S/C15H20BrNO3S/c1-10(12-5-6-13(16)21-12)15(20)17-8-2-3-11(9-17)4-7-14(18)19/h5-6,10-11H,2-4,7-9H2,1H3,(H,18,19)/t10-,11-/m0/s1. The summed E-state index contributed by atoms with van der Waals surface area (Å²) in [4.78, 5) is 26.2. The average molecular weight is 374 g/mol. The number of hydrogen-bond donors (Lipinski definition) is 1. The van der Waals surface area contributed by atoms with Gasteiger partial charge in [0.2, 0.25) is 5.91 Å². The second-order valence-electron chi connectivity index (χ2n) is 5.59. The van der Waals surface area contributed by atoms with Gasteiger partial charge < -0.3 is 10.0 Å². The van der Waals surface area contributed by atoms with Crippen LogP contribution in [0.5, 0.6) is 0 Å². The zero-order chi connectivity index (χ0) is 15.4. The van der Waals surface area contributed by atoms with Crippen molar-refractivity contribution in [3.05, 3.63) is 20.8 Å². The van der Waals surface area contributed by atoms with Gasteiger partial charge in [0.25, 0.3) is 0 Å². The molecule has 1 aliphatic rings. The number of carbonyl (C=O) groups is 2. The number of amides is 1. The molecule has 1 amide bonds. The summed E-state index contributed by atoms with van der Waals surface area (Å²) in [6.45, 7) is 3.43. The zero-order valence-corrected chi connectivity index (χ0v) is 14.5. The van der Waals surface area contributed by atoms with Crippen LogP contribution in [-0.2, 0) is 9.59 Å². The quantitative estimate of drug-likeness (QED) is 0.855. The maximum Gasteiger partial charge on any atom is 0.303 e. The lowest BCUT2D eigenvalue weighted by atomic mass is 9.92. The summed E-state index contributed by atoms with van der Waals surface area (Å²) in [7, 11) is 0. The van der Waals surface area contributed by atoms with Crippen molar-refractivity contribution in [3.63, 3.8) is 0 Å². The Morgan fingerprint density at radius 3 is 2.90 bits per heavy atom. The van der Waals surface area contributed by atoms with Crippen molar-refractivity contribution in [1.82, 2.24) is 4.90 Å². The maximum absolute atomic E-state index is 12.6. The number of likely N-dealkylation sites (tertiary alicyclic amines) is 1. The van der Waals surface area contributed by atoms with E-state index in [4.69, 9.17) is 5.11 Å². The molecule has 0 bridgehead atoms. The van der Waals surface area contributed by atoms with Crippen molar-refractivity contribution >= 4 is 39.1 Å². The van der Waals surface area contributed by atoms with Crippen LogP contribution < -0.4 is 0 Å². The number of nitrogens with zero attached hydrogens (tertiary/aromatic N) is 1. The zero-order valence-electron chi connectivity index (χ0n) is 12.0. The van der Waals surface area contributed by atoms with Crippen LogP contribution in [0.4, 0.5) is 0 Å². The molecule has 2 heterocycles. The lowest BCUT2D eigenvalue weighted by Gasteiger charge is -2.34. The van der Waals surface area contributed by atoms with Gasteiger partial charge in [0, 0.05) is 24.4 Å². The van der Waals surface area contributed by atoms with Gasteiger partial charge in [-0.3, -0.25) is 9.59 Å². The van der Waals surface area contributed by atoms with Gasteiger partial charge in [-0.1, -0.05) is 0 Å². The Balaban J connectivity index is 1.93. The largest absolute Gasteiger partial charge is 0.481 e. The second-order valence-corrected chi connectivity index (χ2v) is 8.08. The number of rotatable bonds is 5. The number of aliphatic carboxylic acids is 1. The van der Waals surface area contributed by atoms with E-state index < -0.39 is 5.97 Å². The highest BCUT2D eigenvalue weighted by atomic mass is 79.9. The normalized spacial score (nSPS) is 20.3. The van der Waals surface area contributed by atoms with Gasteiger partial charge in [0.05, 0.1) is 9.70 Å². The molecule has 1 saturated heterocycles. The first kappa shape index (κ1) is 16.5. The molecule has 2 rings (SSSR count). The average Bonchev–Trinajstić information content (AvgIpc) is 2.90. The van der Waals surface area contributed by atoms with E-state index in [0.29, 0.717) is 18.9 Å². The Kier molecular flexibility index (Phi) is 5.81. The lowest BCUT2D eigenvalue weighted by Crippen LogP contribution is -2.41. The van der Waals surface area contributed by atoms with E-state index in [-0.39, 0.29) is 18.2 Å². The fraction of sp³-hybridized carbons (Fsp3) is 0.600. The molecule has 2 atom stereocenters. The molecule has 1 aliphatic heterocycles. The van der Waals surface area contributed by atoms with Crippen LogP contribution in [0, 0.1) is 5.92 Å². The first-order valence-corrected chi connectivity index (χ1v) is 8.84. The minimum absolute atomic E-state index is 0.125. The topological polar surface area (TPSA) is 57.6 Å². The van der Waals surface area contributed by atoms with Gasteiger partial charge >= 0.3 is 5.97 Å². The molecule has 0 spiro atoms. The van der Waals surface area contributed by atoms with Gasteiger partial charge in [0.15, 0.2) is 0 Å². The number of carboxylic acid groups (broad SMARTS) is 1. The van der Waals surface area contributed by atoms with Gasteiger partial charge in [-0.2, -0.15) is 0 Å². The number of piperidine rings is 1. The summed E-state index contributed by atoms with van der Waals surface area (Å²) in [6, 6.07) is 3.96. The third-order valence-corrected chi connectivity index (χ3v) is 5.79. The molecule has 4 nitrogen and oxygen atoms in total. The summed E-state index contributed by atoms with van der Waals surface area (Å²) in [5.41, 5.74) is 0. The molecule has 0 aromatic carbocycles. The van der Waals surface area contributed by atoms with Crippen LogP contribution in [0.2, 0.25) is 0 Å². The molecule has 0 radical (unpaired) electrons. The Hall–Kier alpha value is -0.880. The summed E-state index contributed by atoms with van der Waals surface area (Å²) in [5, 5.41) is 8.77. The summed E-state index contributed by atoms with van der Waals surface area (Å²) in [5.74, 6) is -0.403. The van der Waals surface area contributed by atoms with Gasteiger partial charge in [-0.15, -0.1) is 11.3 Å². The summed E-state index contributed by atoms with van der Waals surface area (Å²) >= 11 is 5.02. The van der Waals surface area contributed by atoms with Crippen molar-refractivity contribution in [2.45, 2.75) is 38.5 Å². The highest BCUT2D eigenvalue weighted by Gasteiger charge is 2.28.